The Hall–Kier alpha value is -3.10. The number of sulfone groups is 1. The Balaban J connectivity index is 1.84. The molecule has 3 aromatic rings. The summed E-state index contributed by atoms with van der Waals surface area (Å²) in [6.07, 6.45) is -12.1. The summed E-state index contributed by atoms with van der Waals surface area (Å²) in [6, 6.07) is 8.31. The number of halogens is 9. The van der Waals surface area contributed by atoms with Crippen molar-refractivity contribution in [3.8, 4) is 0 Å². The average molecular weight is 626 g/mol. The predicted octanol–water partition coefficient (Wildman–Crippen LogP) is 7.08. The first-order chi connectivity index (χ1) is 19.5. The van der Waals surface area contributed by atoms with Crippen LogP contribution in [0.15, 0.2) is 71.6 Å². The van der Waals surface area contributed by atoms with Gasteiger partial charge in [0, 0.05) is 17.2 Å². The molecule has 1 saturated carbocycles. The highest BCUT2D eigenvalue weighted by atomic mass is 32.2. The topological polar surface area (TPSA) is 55.4 Å². The second-order valence-electron chi connectivity index (χ2n) is 9.92. The number of rotatable bonds is 8. The Bertz CT molecular complexity index is 1490. The van der Waals surface area contributed by atoms with Gasteiger partial charge in [-0.15, -0.1) is 0 Å². The summed E-state index contributed by atoms with van der Waals surface area (Å²) in [5.41, 5.74) is -7.72. The third-order valence-corrected chi connectivity index (χ3v) is 10.2. The fourth-order valence-corrected chi connectivity index (χ4v) is 7.55. The summed E-state index contributed by atoms with van der Waals surface area (Å²) < 4.78 is 158. The number of benzene rings is 3. The Morgan fingerprint density at radius 1 is 0.857 bits per heavy atom. The Kier molecular flexibility index (Phi) is 8.48. The third-order valence-electron chi connectivity index (χ3n) is 7.63. The largest absolute Gasteiger partial charge is 0.430 e. The standard InChI is InChI=1S/C28H24F9NO3S/c1-38-20-13-14-25(15-20,42(39,40)21-11-9-19(29)10-12-21)17-5-7-18(8-6-17)26(27(32,33)34,28(35,36)37)41-16-22-23(30)3-2-4-24(22)31/h2-12,20,38H,13-16H2,1H3. The molecule has 1 fully saturated rings. The van der Waals surface area contributed by atoms with Crippen molar-refractivity contribution in [3.63, 3.8) is 0 Å². The van der Waals surface area contributed by atoms with E-state index in [0.29, 0.717) is 30.7 Å². The minimum Gasteiger partial charge on any atom is -0.349 e. The van der Waals surface area contributed by atoms with Gasteiger partial charge in [-0.25, -0.2) is 21.6 Å². The minimum atomic E-state index is -6.16. The van der Waals surface area contributed by atoms with Crippen molar-refractivity contribution in [1.82, 2.24) is 5.32 Å². The molecule has 0 heterocycles. The van der Waals surface area contributed by atoms with Crippen LogP contribution < -0.4 is 5.32 Å². The van der Waals surface area contributed by atoms with E-state index in [0.717, 1.165) is 42.5 Å². The summed E-state index contributed by atoms with van der Waals surface area (Å²) in [7, 11) is -2.77. The molecule has 14 heteroatoms. The first kappa shape index (κ1) is 31.8. The van der Waals surface area contributed by atoms with Gasteiger partial charge in [0.2, 0.25) is 0 Å². The molecule has 228 valence electrons. The van der Waals surface area contributed by atoms with Crippen LogP contribution in [0.4, 0.5) is 39.5 Å². The number of hydrogen-bond donors (Lipinski definition) is 1. The number of alkyl halides is 6. The molecule has 0 aromatic heterocycles. The minimum absolute atomic E-state index is 0.0374. The van der Waals surface area contributed by atoms with Gasteiger partial charge in [0.25, 0.3) is 5.60 Å². The van der Waals surface area contributed by atoms with Gasteiger partial charge >= 0.3 is 12.4 Å². The summed E-state index contributed by atoms with van der Waals surface area (Å²) in [4.78, 5) is -0.278. The maximum atomic E-state index is 14.3. The fourth-order valence-electron chi connectivity index (χ4n) is 5.35. The fraction of sp³-hybridized carbons (Fsp3) is 0.357. The van der Waals surface area contributed by atoms with E-state index in [2.05, 4.69) is 10.1 Å². The zero-order chi connectivity index (χ0) is 31.1. The lowest BCUT2D eigenvalue weighted by Gasteiger charge is -2.38. The van der Waals surface area contributed by atoms with Gasteiger partial charge < -0.3 is 10.1 Å². The van der Waals surface area contributed by atoms with Crippen LogP contribution in [0.25, 0.3) is 0 Å². The normalized spacial score (nSPS) is 20.2. The highest BCUT2D eigenvalue weighted by Crippen LogP contribution is 2.54. The van der Waals surface area contributed by atoms with Crippen LogP contribution in [0.1, 0.15) is 36.0 Å². The molecule has 0 saturated heterocycles. The van der Waals surface area contributed by atoms with Gasteiger partial charge in [-0.1, -0.05) is 30.3 Å². The first-order valence-electron chi connectivity index (χ1n) is 12.5. The second kappa shape index (κ2) is 11.2. The Morgan fingerprint density at radius 3 is 1.88 bits per heavy atom. The summed E-state index contributed by atoms with van der Waals surface area (Å²) >= 11 is 0. The summed E-state index contributed by atoms with van der Waals surface area (Å²) in [6.45, 7) is -1.72. The van der Waals surface area contributed by atoms with Gasteiger partial charge in [-0.3, -0.25) is 0 Å². The Labute approximate surface area is 235 Å². The van der Waals surface area contributed by atoms with Crippen LogP contribution in [0.3, 0.4) is 0 Å². The summed E-state index contributed by atoms with van der Waals surface area (Å²) in [5, 5.41) is 2.93. The zero-order valence-electron chi connectivity index (χ0n) is 21.8. The number of ether oxygens (including phenoxy) is 1. The van der Waals surface area contributed by atoms with E-state index >= 15 is 0 Å². The molecule has 2 unspecified atom stereocenters. The first-order valence-corrected chi connectivity index (χ1v) is 14.0. The maximum absolute atomic E-state index is 14.3. The molecule has 0 spiro atoms. The lowest BCUT2D eigenvalue weighted by Crippen LogP contribution is -2.56. The van der Waals surface area contributed by atoms with Crippen molar-refractivity contribution in [1.29, 1.82) is 0 Å². The molecule has 3 aromatic carbocycles. The quantitative estimate of drug-likeness (QED) is 0.215. The van der Waals surface area contributed by atoms with Crippen LogP contribution in [0.2, 0.25) is 0 Å². The van der Waals surface area contributed by atoms with Crippen molar-refractivity contribution in [2.24, 2.45) is 0 Å². The van der Waals surface area contributed by atoms with Crippen molar-refractivity contribution in [3.05, 3.63) is 101 Å². The van der Waals surface area contributed by atoms with Gasteiger partial charge in [0.15, 0.2) is 9.84 Å². The van der Waals surface area contributed by atoms with E-state index in [1.54, 1.807) is 7.05 Å². The molecule has 42 heavy (non-hydrogen) atoms. The van der Waals surface area contributed by atoms with Gasteiger partial charge in [0.1, 0.15) is 22.2 Å². The van der Waals surface area contributed by atoms with Gasteiger partial charge in [-0.05, 0) is 68.3 Å². The Morgan fingerprint density at radius 2 is 1.40 bits per heavy atom. The highest BCUT2D eigenvalue weighted by molar-refractivity contribution is 7.92. The van der Waals surface area contributed by atoms with Crippen molar-refractivity contribution in [2.45, 2.75) is 59.5 Å². The predicted molar refractivity (Wildman–Crippen MR) is 133 cm³/mol. The molecule has 0 bridgehead atoms. The van der Waals surface area contributed by atoms with Gasteiger partial charge in [-0.2, -0.15) is 26.3 Å². The van der Waals surface area contributed by atoms with E-state index in [-0.39, 0.29) is 29.3 Å². The molecule has 1 N–H and O–H groups in total. The SMILES string of the molecule is CNC1CCC(c2ccc(C(OCc3c(F)cccc3F)(C(F)(F)F)C(F)(F)F)cc2)(S(=O)(=O)c2ccc(F)cc2)C1. The summed E-state index contributed by atoms with van der Waals surface area (Å²) in [5.74, 6) is -3.52. The van der Waals surface area contributed by atoms with Crippen LogP contribution in [0.5, 0.6) is 0 Å². The van der Waals surface area contributed by atoms with Crippen molar-refractivity contribution < 1.29 is 52.7 Å². The molecular formula is C28H24F9NO3S. The molecule has 2 atom stereocenters. The number of hydrogen-bond acceptors (Lipinski definition) is 4. The van der Waals surface area contributed by atoms with Crippen LogP contribution in [0, 0.1) is 17.5 Å². The van der Waals surface area contributed by atoms with E-state index in [1.807, 2.05) is 0 Å². The van der Waals surface area contributed by atoms with Crippen LogP contribution >= 0.6 is 0 Å². The van der Waals surface area contributed by atoms with Crippen molar-refractivity contribution in [2.75, 3.05) is 7.05 Å². The van der Waals surface area contributed by atoms with Crippen molar-refractivity contribution >= 4 is 9.84 Å². The lowest BCUT2D eigenvalue weighted by molar-refractivity contribution is -0.392. The molecule has 0 aliphatic heterocycles. The molecule has 1 aliphatic carbocycles. The molecule has 0 amide bonds. The monoisotopic (exact) mass is 625 g/mol. The third kappa shape index (κ3) is 5.28. The number of nitrogens with one attached hydrogen (secondary N) is 1. The smallest absolute Gasteiger partial charge is 0.349 e. The van der Waals surface area contributed by atoms with E-state index in [1.165, 1.54) is 0 Å². The average Bonchev–Trinajstić information content (AvgIpc) is 3.36. The molecule has 4 rings (SSSR count). The molecular weight excluding hydrogens is 601 g/mol. The molecule has 4 nitrogen and oxygen atoms in total. The molecule has 0 radical (unpaired) electrons. The van der Waals surface area contributed by atoms with Gasteiger partial charge in [0.05, 0.1) is 11.5 Å². The maximum Gasteiger partial charge on any atom is 0.430 e. The highest BCUT2D eigenvalue weighted by Gasteiger charge is 2.73. The van der Waals surface area contributed by atoms with E-state index in [9.17, 15) is 47.9 Å². The van der Waals surface area contributed by atoms with E-state index < -0.39 is 67.7 Å². The lowest BCUT2D eigenvalue weighted by atomic mass is 9.88. The zero-order valence-corrected chi connectivity index (χ0v) is 22.6. The molecule has 1 aliphatic rings. The van der Waals surface area contributed by atoms with Crippen LogP contribution in [-0.2, 0) is 31.5 Å². The van der Waals surface area contributed by atoms with E-state index in [4.69, 9.17) is 0 Å². The van der Waals surface area contributed by atoms with Crippen LogP contribution in [-0.4, -0.2) is 33.9 Å². The second-order valence-corrected chi connectivity index (χ2v) is 12.2.